The van der Waals surface area contributed by atoms with Gasteiger partial charge in [-0.15, -0.1) is 0 Å². The van der Waals surface area contributed by atoms with E-state index in [0.29, 0.717) is 54.7 Å². The summed E-state index contributed by atoms with van der Waals surface area (Å²) in [4.78, 5) is 27.9. The van der Waals surface area contributed by atoms with Crippen LogP contribution in [0, 0.1) is 5.92 Å². The van der Waals surface area contributed by atoms with E-state index in [1.165, 1.54) is 0 Å². The molecule has 1 N–H and O–H groups in total. The van der Waals surface area contributed by atoms with Crippen LogP contribution < -0.4 is 14.8 Å². The van der Waals surface area contributed by atoms with E-state index in [4.69, 9.17) is 14.6 Å². The first-order chi connectivity index (χ1) is 17.1. The third kappa shape index (κ3) is 4.87. The number of aromatic nitrogens is 2. The van der Waals surface area contributed by atoms with Crippen molar-refractivity contribution >= 4 is 11.8 Å². The Bertz CT molecular complexity index is 1210. The van der Waals surface area contributed by atoms with E-state index < -0.39 is 0 Å². The van der Waals surface area contributed by atoms with Crippen molar-refractivity contribution in [3.63, 3.8) is 0 Å². The second-order valence-corrected chi connectivity index (χ2v) is 9.09. The normalized spacial score (nSPS) is 16.1. The van der Waals surface area contributed by atoms with Gasteiger partial charge in [-0.05, 0) is 55.5 Å². The minimum absolute atomic E-state index is 0.0353. The average molecular weight is 475 g/mol. The number of hydrogen-bond donors (Lipinski definition) is 1. The molecule has 8 nitrogen and oxygen atoms in total. The Labute approximate surface area is 204 Å². The van der Waals surface area contributed by atoms with Crippen LogP contribution in [0.2, 0.25) is 0 Å². The van der Waals surface area contributed by atoms with Crippen LogP contribution >= 0.6 is 0 Å². The molecule has 182 valence electrons. The van der Waals surface area contributed by atoms with E-state index in [1.807, 2.05) is 59.6 Å². The Balaban J connectivity index is 1.43. The Kier molecular flexibility index (Phi) is 6.44. The van der Waals surface area contributed by atoms with Gasteiger partial charge in [-0.3, -0.25) is 9.59 Å². The molecule has 1 aliphatic heterocycles. The summed E-state index contributed by atoms with van der Waals surface area (Å²) in [6.07, 6.45) is 5.35. The smallest absolute Gasteiger partial charge is 0.275 e. The van der Waals surface area contributed by atoms with Crippen molar-refractivity contribution in [1.82, 2.24) is 20.0 Å². The van der Waals surface area contributed by atoms with E-state index in [-0.39, 0.29) is 17.7 Å². The first kappa shape index (κ1) is 23.0. The quantitative estimate of drug-likeness (QED) is 0.565. The van der Waals surface area contributed by atoms with Gasteiger partial charge in [0, 0.05) is 36.8 Å². The summed E-state index contributed by atoms with van der Waals surface area (Å²) in [5, 5.41) is 7.80. The lowest BCUT2D eigenvalue weighted by atomic mass is 9.95. The van der Waals surface area contributed by atoms with Gasteiger partial charge in [-0.25, -0.2) is 4.68 Å². The molecule has 1 aromatic heterocycles. The van der Waals surface area contributed by atoms with Gasteiger partial charge >= 0.3 is 0 Å². The number of para-hydroxylation sites is 1. The fraction of sp³-hybridized carbons (Fsp3) is 0.370. The molecule has 2 aromatic carbocycles. The summed E-state index contributed by atoms with van der Waals surface area (Å²) in [7, 11) is 3.18. The van der Waals surface area contributed by atoms with Gasteiger partial charge in [0.2, 0.25) is 5.91 Å². The van der Waals surface area contributed by atoms with Crippen molar-refractivity contribution in [3.8, 4) is 28.3 Å². The second kappa shape index (κ2) is 9.82. The maximum absolute atomic E-state index is 13.7. The highest BCUT2D eigenvalue weighted by Gasteiger charge is 2.33. The van der Waals surface area contributed by atoms with Gasteiger partial charge in [-0.1, -0.05) is 24.3 Å². The average Bonchev–Trinajstić information content (AvgIpc) is 3.62. The van der Waals surface area contributed by atoms with Crippen LogP contribution in [-0.4, -0.2) is 59.8 Å². The number of carbonyl (C=O) groups excluding carboxylic acids is 2. The number of nitrogens with zero attached hydrogens (tertiary/aromatic N) is 3. The van der Waals surface area contributed by atoms with Crippen LogP contribution in [0.25, 0.3) is 16.8 Å². The fourth-order valence-corrected chi connectivity index (χ4v) is 4.50. The maximum atomic E-state index is 13.7. The molecule has 2 amide bonds. The zero-order chi connectivity index (χ0) is 24.4. The van der Waals surface area contributed by atoms with E-state index in [2.05, 4.69) is 5.32 Å². The molecule has 2 aliphatic rings. The molecule has 0 unspecified atom stereocenters. The fourth-order valence-electron chi connectivity index (χ4n) is 4.50. The molecule has 3 aromatic rings. The number of benzene rings is 2. The van der Waals surface area contributed by atoms with Crippen molar-refractivity contribution in [2.45, 2.75) is 31.7 Å². The third-order valence-electron chi connectivity index (χ3n) is 6.71. The molecule has 2 fully saturated rings. The molecule has 2 heterocycles. The molecule has 0 radical (unpaired) electrons. The number of methoxy groups -OCH3 is 2. The van der Waals surface area contributed by atoms with Crippen molar-refractivity contribution in [2.24, 2.45) is 5.92 Å². The number of carbonyl (C=O) groups is 2. The summed E-state index contributed by atoms with van der Waals surface area (Å²) in [6, 6.07) is 15.7. The Morgan fingerprint density at radius 3 is 2.31 bits per heavy atom. The van der Waals surface area contributed by atoms with Crippen LogP contribution in [0.5, 0.6) is 11.5 Å². The number of nitrogens with one attached hydrogen (secondary N) is 1. The number of likely N-dealkylation sites (tertiary alicyclic amines) is 1. The molecule has 1 saturated heterocycles. The summed E-state index contributed by atoms with van der Waals surface area (Å²) < 4.78 is 12.6. The predicted molar refractivity (Wildman–Crippen MR) is 132 cm³/mol. The number of hydrogen-bond acceptors (Lipinski definition) is 5. The van der Waals surface area contributed by atoms with Crippen LogP contribution in [0.15, 0.2) is 54.7 Å². The highest BCUT2D eigenvalue weighted by atomic mass is 16.5. The highest BCUT2D eigenvalue weighted by Crippen LogP contribution is 2.34. The number of rotatable bonds is 7. The monoisotopic (exact) mass is 474 g/mol. The molecule has 5 rings (SSSR count). The van der Waals surface area contributed by atoms with Crippen molar-refractivity contribution in [1.29, 1.82) is 0 Å². The SMILES string of the molecule is COc1ccc(-c2cn(-c3ccccc3)nc2C(=O)N2CCC(C(=O)NC3CC3)CC2)cc1OC. The van der Waals surface area contributed by atoms with Gasteiger partial charge in [0.15, 0.2) is 17.2 Å². The van der Waals surface area contributed by atoms with Crippen LogP contribution in [-0.2, 0) is 4.79 Å². The first-order valence-electron chi connectivity index (χ1n) is 12.0. The Morgan fingerprint density at radius 1 is 0.943 bits per heavy atom. The zero-order valence-corrected chi connectivity index (χ0v) is 20.1. The molecule has 0 atom stereocenters. The maximum Gasteiger partial charge on any atom is 0.275 e. The van der Waals surface area contributed by atoms with Gasteiger partial charge in [0.25, 0.3) is 5.91 Å². The Morgan fingerprint density at radius 2 is 1.66 bits per heavy atom. The topological polar surface area (TPSA) is 85.7 Å². The molecule has 1 aliphatic carbocycles. The predicted octanol–water partition coefficient (Wildman–Crippen LogP) is 3.69. The number of piperidine rings is 1. The minimum atomic E-state index is -0.134. The van der Waals surface area contributed by atoms with Crippen LogP contribution in [0.4, 0.5) is 0 Å². The molecule has 0 spiro atoms. The summed E-state index contributed by atoms with van der Waals surface area (Å²) in [5.41, 5.74) is 2.77. The van der Waals surface area contributed by atoms with Crippen LogP contribution in [0.3, 0.4) is 0 Å². The van der Waals surface area contributed by atoms with Gasteiger partial charge in [-0.2, -0.15) is 5.10 Å². The largest absolute Gasteiger partial charge is 0.493 e. The third-order valence-corrected chi connectivity index (χ3v) is 6.71. The van der Waals surface area contributed by atoms with Gasteiger partial charge in [0.05, 0.1) is 19.9 Å². The molecule has 0 bridgehead atoms. The molecule has 1 saturated carbocycles. The summed E-state index contributed by atoms with van der Waals surface area (Å²) in [6.45, 7) is 1.07. The lowest BCUT2D eigenvalue weighted by Gasteiger charge is -2.31. The van der Waals surface area contributed by atoms with E-state index in [1.54, 1.807) is 18.9 Å². The molecular weight excluding hydrogens is 444 g/mol. The van der Waals surface area contributed by atoms with E-state index in [0.717, 1.165) is 24.1 Å². The number of ether oxygens (including phenoxy) is 2. The minimum Gasteiger partial charge on any atom is -0.493 e. The van der Waals surface area contributed by atoms with Crippen LogP contribution in [0.1, 0.15) is 36.2 Å². The molecule has 8 heteroatoms. The first-order valence-corrected chi connectivity index (χ1v) is 12.0. The molecule has 35 heavy (non-hydrogen) atoms. The van der Waals surface area contributed by atoms with Crippen molar-refractivity contribution in [2.75, 3.05) is 27.3 Å². The lowest BCUT2D eigenvalue weighted by Crippen LogP contribution is -2.43. The van der Waals surface area contributed by atoms with E-state index in [9.17, 15) is 9.59 Å². The highest BCUT2D eigenvalue weighted by molar-refractivity contribution is 5.99. The van der Waals surface area contributed by atoms with Gasteiger partial charge in [0.1, 0.15) is 0 Å². The molecular formula is C27H30N4O4. The van der Waals surface area contributed by atoms with Crippen molar-refractivity contribution < 1.29 is 19.1 Å². The zero-order valence-electron chi connectivity index (χ0n) is 20.1. The number of amides is 2. The lowest BCUT2D eigenvalue weighted by molar-refractivity contribution is -0.126. The Hall–Kier alpha value is -3.81. The standard InChI is InChI=1S/C27H30N4O4/c1-34-23-11-8-19(16-24(23)35-2)22-17-31(21-6-4-3-5-7-21)29-25(22)27(33)30-14-12-18(13-15-30)26(32)28-20-9-10-20/h3-8,11,16-18,20H,9-10,12-15H2,1-2H3,(H,28,32). The van der Waals surface area contributed by atoms with Gasteiger partial charge < -0.3 is 19.7 Å². The summed E-state index contributed by atoms with van der Waals surface area (Å²) in [5.74, 6) is 1.15. The summed E-state index contributed by atoms with van der Waals surface area (Å²) >= 11 is 0. The second-order valence-electron chi connectivity index (χ2n) is 9.09. The van der Waals surface area contributed by atoms with E-state index >= 15 is 0 Å². The van der Waals surface area contributed by atoms with Crippen molar-refractivity contribution in [3.05, 3.63) is 60.4 Å².